The molecule has 0 amide bonds. The molecule has 6 rings (SSSR count). The molecule has 1 saturated heterocycles. The number of hydrogen-bond acceptors (Lipinski definition) is 10. The van der Waals surface area contributed by atoms with Crippen LogP contribution in [0.2, 0.25) is 0 Å². The number of carbonyl (C=O) groups excluding carboxylic acids is 1. The molecule has 10 unspecified atom stereocenters. The zero-order chi connectivity index (χ0) is 33.8. The van der Waals surface area contributed by atoms with E-state index in [1.807, 2.05) is 6.92 Å². The minimum Gasteiger partial charge on any atom is -0.432 e. The molecule has 46 heavy (non-hydrogen) atoms. The molecule has 10 heteroatoms. The highest BCUT2D eigenvalue weighted by atomic mass is 16.7. The second-order valence-corrected chi connectivity index (χ2v) is 17.9. The molecule has 0 aromatic rings. The Morgan fingerprint density at radius 2 is 1.54 bits per heavy atom. The molecule has 6 aliphatic rings. The van der Waals surface area contributed by atoms with Gasteiger partial charge in [-0.3, -0.25) is 4.79 Å². The quantitative estimate of drug-likeness (QED) is 0.177. The Morgan fingerprint density at radius 3 is 2.20 bits per heavy atom. The van der Waals surface area contributed by atoms with E-state index in [0.29, 0.717) is 19.3 Å². The van der Waals surface area contributed by atoms with Gasteiger partial charge in [0.05, 0.1) is 30.8 Å². The minimum atomic E-state index is -1.65. The van der Waals surface area contributed by atoms with Crippen LogP contribution in [0, 0.1) is 50.2 Å². The molecule has 10 nitrogen and oxygen atoms in total. The van der Waals surface area contributed by atoms with Crippen LogP contribution >= 0.6 is 0 Å². The lowest BCUT2D eigenvalue weighted by Gasteiger charge is -2.71. The molecule has 5 aliphatic carbocycles. The summed E-state index contributed by atoms with van der Waals surface area (Å²) >= 11 is 0. The fraction of sp³-hybridized carbons (Fsp3) is 0.917. The molecule has 5 fully saturated rings. The zero-order valence-corrected chi connectivity index (χ0v) is 28.5. The highest BCUT2D eigenvalue weighted by Gasteiger charge is 2.71. The van der Waals surface area contributed by atoms with Gasteiger partial charge in [0.25, 0.3) is 0 Å². The largest absolute Gasteiger partial charge is 0.432 e. The van der Waals surface area contributed by atoms with E-state index in [2.05, 4.69) is 40.7 Å². The second-order valence-electron chi connectivity index (χ2n) is 17.9. The topological polar surface area (TPSA) is 177 Å². The first-order valence-electron chi connectivity index (χ1n) is 17.5. The van der Waals surface area contributed by atoms with Crippen LogP contribution in [-0.4, -0.2) is 97.8 Å². The van der Waals surface area contributed by atoms with Crippen LogP contribution in [0.5, 0.6) is 0 Å². The molecule has 0 radical (unpaired) electrons. The molecule has 0 aromatic carbocycles. The predicted octanol–water partition coefficient (Wildman–Crippen LogP) is 2.44. The van der Waals surface area contributed by atoms with Crippen LogP contribution in [-0.2, 0) is 14.3 Å². The molecular weight excluding hydrogens is 592 g/mol. The number of aliphatic hydroxyl groups excluding tert-OH is 7. The van der Waals surface area contributed by atoms with Crippen molar-refractivity contribution in [3.63, 3.8) is 0 Å². The van der Waals surface area contributed by atoms with Crippen molar-refractivity contribution in [2.75, 3.05) is 13.2 Å². The van der Waals surface area contributed by atoms with Crippen LogP contribution < -0.4 is 0 Å². The maximum atomic E-state index is 14.4. The Labute approximate surface area is 273 Å². The number of carbonyl (C=O) groups is 1. The number of rotatable bonds is 4. The SMILES string of the molecule is CC1(C)CCC2(C(=O)O[C@H]3O[C@@H](CO)[C@H](O)[C@@H](O)[C@@H]3O)CCC3(C)C(=CCC4C5(C)CC(O)C(O)C(C)(CO)C5CCC43C)C2C1. The molecule has 7 N–H and O–H groups in total. The Bertz CT molecular complexity index is 1240. The Balaban J connectivity index is 1.36. The molecule has 15 atom stereocenters. The second kappa shape index (κ2) is 11.2. The van der Waals surface area contributed by atoms with Gasteiger partial charge in [-0.2, -0.15) is 0 Å². The Morgan fingerprint density at radius 1 is 0.870 bits per heavy atom. The summed E-state index contributed by atoms with van der Waals surface area (Å²) in [6, 6.07) is 0. The summed E-state index contributed by atoms with van der Waals surface area (Å²) in [7, 11) is 0. The van der Waals surface area contributed by atoms with Crippen molar-refractivity contribution in [3.8, 4) is 0 Å². The third kappa shape index (κ3) is 4.60. The van der Waals surface area contributed by atoms with Crippen molar-refractivity contribution in [2.45, 2.75) is 142 Å². The number of hydrogen-bond donors (Lipinski definition) is 7. The van der Waals surface area contributed by atoms with E-state index in [9.17, 15) is 40.5 Å². The molecule has 0 bridgehead atoms. The summed E-state index contributed by atoms with van der Waals surface area (Å²) in [5, 5.41) is 73.8. The summed E-state index contributed by atoms with van der Waals surface area (Å²) in [5.74, 6) is -0.293. The molecule has 0 spiro atoms. The Kier molecular flexibility index (Phi) is 8.46. The summed E-state index contributed by atoms with van der Waals surface area (Å²) in [4.78, 5) is 14.4. The average molecular weight is 651 g/mol. The van der Waals surface area contributed by atoms with Crippen LogP contribution in [0.3, 0.4) is 0 Å². The van der Waals surface area contributed by atoms with Crippen molar-refractivity contribution in [1.29, 1.82) is 0 Å². The zero-order valence-electron chi connectivity index (χ0n) is 28.5. The van der Waals surface area contributed by atoms with Crippen molar-refractivity contribution < 1.29 is 50.0 Å². The van der Waals surface area contributed by atoms with Crippen molar-refractivity contribution >= 4 is 5.97 Å². The molecule has 262 valence electrons. The lowest BCUT2D eigenvalue weighted by atomic mass is 9.33. The van der Waals surface area contributed by atoms with Gasteiger partial charge in [0, 0.05) is 5.41 Å². The van der Waals surface area contributed by atoms with Gasteiger partial charge in [-0.25, -0.2) is 0 Å². The normalized spacial score (nSPS) is 54.8. The first-order valence-corrected chi connectivity index (χ1v) is 17.5. The van der Waals surface area contributed by atoms with E-state index in [1.54, 1.807) is 0 Å². The minimum absolute atomic E-state index is 0.00930. The third-order valence-corrected chi connectivity index (χ3v) is 15.2. The maximum Gasteiger partial charge on any atom is 0.315 e. The molecule has 4 saturated carbocycles. The van der Waals surface area contributed by atoms with Crippen molar-refractivity contribution in [3.05, 3.63) is 11.6 Å². The number of fused-ring (bicyclic) bond motifs is 7. The monoisotopic (exact) mass is 650 g/mol. The number of ether oxygens (including phenoxy) is 2. The van der Waals surface area contributed by atoms with Gasteiger partial charge in [0.2, 0.25) is 6.29 Å². The van der Waals surface area contributed by atoms with Crippen molar-refractivity contribution in [1.82, 2.24) is 0 Å². The van der Waals surface area contributed by atoms with Gasteiger partial charge in [0.1, 0.15) is 24.4 Å². The van der Waals surface area contributed by atoms with Crippen LogP contribution in [0.25, 0.3) is 0 Å². The van der Waals surface area contributed by atoms with Gasteiger partial charge in [0.15, 0.2) is 0 Å². The first kappa shape index (κ1) is 34.7. The number of aliphatic hydroxyl groups is 7. The average Bonchev–Trinajstić information content (AvgIpc) is 3.00. The highest BCUT2D eigenvalue weighted by Crippen LogP contribution is 2.75. The smallest absolute Gasteiger partial charge is 0.315 e. The standard InChI is InChI=1S/C36H58O10/c1-31(2)11-13-36(30(44)46-29-27(42)26(41)25(40)22(17-37)45-29)14-12-34(5)19(20(36)15-31)7-8-24-32(3)16-21(39)28(43)33(4,18-38)23(32)9-10-35(24,34)6/h7,20-29,37-43H,8-18H2,1-6H3/t20?,21?,22-,23?,24?,25-,26+,27-,28?,29+,32?,33?,34?,35?,36?/m0/s1. The third-order valence-electron chi connectivity index (χ3n) is 15.2. The lowest BCUT2D eigenvalue weighted by molar-refractivity contribution is -0.297. The van der Waals surface area contributed by atoms with E-state index in [0.717, 1.165) is 38.5 Å². The molecular formula is C36H58O10. The van der Waals surface area contributed by atoms with E-state index in [-0.39, 0.29) is 46.0 Å². The summed E-state index contributed by atoms with van der Waals surface area (Å²) < 4.78 is 11.5. The number of allylic oxidation sites excluding steroid dienone is 2. The van der Waals surface area contributed by atoms with Crippen LogP contribution in [0.4, 0.5) is 0 Å². The van der Waals surface area contributed by atoms with Gasteiger partial charge in [-0.05, 0) is 97.2 Å². The summed E-state index contributed by atoms with van der Waals surface area (Å²) in [6.45, 7) is 12.7. The highest BCUT2D eigenvalue weighted by molar-refractivity contribution is 5.79. The maximum absolute atomic E-state index is 14.4. The molecule has 1 heterocycles. The van der Waals surface area contributed by atoms with Crippen molar-refractivity contribution in [2.24, 2.45) is 50.2 Å². The van der Waals surface area contributed by atoms with Gasteiger partial charge in [-0.1, -0.05) is 53.2 Å². The van der Waals surface area contributed by atoms with Gasteiger partial charge >= 0.3 is 5.97 Å². The fourth-order valence-corrected chi connectivity index (χ4v) is 12.1. The number of esters is 1. The van der Waals surface area contributed by atoms with Crippen LogP contribution in [0.15, 0.2) is 11.6 Å². The summed E-state index contributed by atoms with van der Waals surface area (Å²) in [5.41, 5.74) is -1.02. The summed E-state index contributed by atoms with van der Waals surface area (Å²) in [6.07, 6.45) is -0.357. The van der Waals surface area contributed by atoms with E-state index in [1.165, 1.54) is 5.57 Å². The fourth-order valence-electron chi connectivity index (χ4n) is 12.1. The first-order chi connectivity index (χ1) is 21.3. The van der Waals surface area contributed by atoms with E-state index >= 15 is 0 Å². The molecule has 1 aliphatic heterocycles. The van der Waals surface area contributed by atoms with Gasteiger partial charge < -0.3 is 45.2 Å². The van der Waals surface area contributed by atoms with E-state index in [4.69, 9.17) is 9.47 Å². The molecule has 0 aromatic heterocycles. The predicted molar refractivity (Wildman–Crippen MR) is 168 cm³/mol. The van der Waals surface area contributed by atoms with Gasteiger partial charge in [-0.15, -0.1) is 0 Å². The Hall–Kier alpha value is -1.11. The van der Waals surface area contributed by atoms with E-state index < -0.39 is 66.3 Å². The lowest BCUT2D eigenvalue weighted by Crippen LogP contribution is -2.68. The van der Waals surface area contributed by atoms with Crippen LogP contribution in [0.1, 0.15) is 99.3 Å².